The molecule has 0 fully saturated rings. The molecule has 0 saturated heterocycles. The maximum absolute atomic E-state index is 11.3. The first kappa shape index (κ1) is 7.35. The average Bonchev–Trinajstić information content (AvgIpc) is 2.12. The minimum atomic E-state index is 0.177. The molecule has 2 nitrogen and oxygen atoms in total. The van der Waals surface area contributed by atoms with E-state index >= 15 is 0 Å². The Kier molecular flexibility index (Phi) is 1.61. The zero-order chi connectivity index (χ0) is 8.55. The quantitative estimate of drug-likeness (QED) is 0.524. The lowest BCUT2D eigenvalue weighted by molar-refractivity contribution is -0.130. The first-order valence-electron chi connectivity index (χ1n) is 4.09. The monoisotopic (exact) mass is 161 g/mol. The van der Waals surface area contributed by atoms with Crippen molar-refractivity contribution in [2.24, 2.45) is 0 Å². The second kappa shape index (κ2) is 2.63. The maximum Gasteiger partial charge on any atom is 0.226 e. The van der Waals surface area contributed by atoms with Crippen molar-refractivity contribution < 1.29 is 4.79 Å². The number of likely N-dealkylation sites (N-methyl/N-ethyl adjacent to an activating group) is 1. The summed E-state index contributed by atoms with van der Waals surface area (Å²) in [5, 5.41) is 0. The number of hydrogen-bond acceptors (Lipinski definition) is 1. The van der Waals surface area contributed by atoms with Crippen molar-refractivity contribution in [3.05, 3.63) is 36.0 Å². The van der Waals surface area contributed by atoms with Crippen LogP contribution in [0.4, 0.5) is 0 Å². The van der Waals surface area contributed by atoms with Crippen LogP contribution in [0.25, 0.3) is 0 Å². The smallest absolute Gasteiger partial charge is 0.226 e. The fraction of sp³-hybridized carbons (Fsp3) is 0.300. The van der Waals surface area contributed by atoms with E-state index in [0.717, 1.165) is 0 Å². The number of fused-ring (bicyclic) bond motifs is 1. The highest BCUT2D eigenvalue weighted by Crippen LogP contribution is 2.22. The predicted octanol–water partition coefficient (Wildman–Crippen LogP) is 1.27. The Bertz CT molecular complexity index is 299. The van der Waals surface area contributed by atoms with Crippen LogP contribution in [-0.2, 0) is 4.79 Å². The fourth-order valence-corrected chi connectivity index (χ4v) is 1.59. The summed E-state index contributed by atoms with van der Waals surface area (Å²) < 4.78 is 0. The number of hydrogen-bond donors (Lipinski definition) is 0. The summed E-state index contributed by atoms with van der Waals surface area (Å²) in [5.41, 5.74) is 1.24. The van der Waals surface area contributed by atoms with Crippen molar-refractivity contribution in [2.75, 3.05) is 7.05 Å². The molecule has 0 aromatic heterocycles. The van der Waals surface area contributed by atoms with Gasteiger partial charge in [0, 0.05) is 13.5 Å². The van der Waals surface area contributed by atoms with E-state index in [1.165, 1.54) is 5.57 Å². The van der Waals surface area contributed by atoms with Gasteiger partial charge in [-0.05, 0) is 5.57 Å². The van der Waals surface area contributed by atoms with E-state index < -0.39 is 0 Å². The molecule has 1 heterocycles. The Morgan fingerprint density at radius 1 is 1.50 bits per heavy atom. The van der Waals surface area contributed by atoms with Gasteiger partial charge in [-0.3, -0.25) is 4.79 Å². The Hall–Kier alpha value is -1.31. The normalized spacial score (nSPS) is 27.1. The summed E-state index contributed by atoms with van der Waals surface area (Å²) in [7, 11) is 1.85. The van der Waals surface area contributed by atoms with E-state index in [2.05, 4.69) is 6.08 Å². The van der Waals surface area contributed by atoms with Gasteiger partial charge in [-0.25, -0.2) is 0 Å². The van der Waals surface area contributed by atoms with E-state index in [1.807, 2.05) is 31.4 Å². The molecule has 1 unspecified atom stereocenters. The van der Waals surface area contributed by atoms with E-state index in [-0.39, 0.29) is 11.9 Å². The van der Waals surface area contributed by atoms with Crippen LogP contribution in [0.1, 0.15) is 6.42 Å². The Morgan fingerprint density at radius 2 is 2.33 bits per heavy atom. The average molecular weight is 161 g/mol. The van der Waals surface area contributed by atoms with Gasteiger partial charge in [0.2, 0.25) is 5.91 Å². The van der Waals surface area contributed by atoms with Crippen LogP contribution in [0.5, 0.6) is 0 Å². The molecule has 0 N–H and O–H groups in total. The minimum Gasteiger partial charge on any atom is -0.335 e. The minimum absolute atomic E-state index is 0.177. The molecule has 2 rings (SSSR count). The van der Waals surface area contributed by atoms with Gasteiger partial charge in [-0.1, -0.05) is 30.4 Å². The molecular weight excluding hydrogens is 150 g/mol. The van der Waals surface area contributed by atoms with Crippen LogP contribution in [0.3, 0.4) is 0 Å². The van der Waals surface area contributed by atoms with Crippen LogP contribution in [-0.4, -0.2) is 23.9 Å². The highest BCUT2D eigenvalue weighted by Gasteiger charge is 2.24. The van der Waals surface area contributed by atoms with E-state index in [0.29, 0.717) is 6.42 Å². The lowest BCUT2D eigenvalue weighted by Gasteiger charge is -2.31. The lowest BCUT2D eigenvalue weighted by Crippen LogP contribution is -2.39. The van der Waals surface area contributed by atoms with Gasteiger partial charge in [0.25, 0.3) is 0 Å². The van der Waals surface area contributed by atoms with Gasteiger partial charge in [-0.15, -0.1) is 0 Å². The summed E-state index contributed by atoms with van der Waals surface area (Å²) in [5.74, 6) is 0.198. The highest BCUT2D eigenvalue weighted by molar-refractivity contribution is 5.80. The van der Waals surface area contributed by atoms with Crippen LogP contribution < -0.4 is 0 Å². The van der Waals surface area contributed by atoms with Crippen molar-refractivity contribution in [1.82, 2.24) is 4.90 Å². The third-order valence-corrected chi connectivity index (χ3v) is 2.36. The SMILES string of the molecule is CN1C(=O)CC=C2C=CC=CC21. The van der Waals surface area contributed by atoms with Crippen LogP contribution >= 0.6 is 0 Å². The molecular formula is C10H11NO. The number of nitrogens with zero attached hydrogens (tertiary/aromatic N) is 1. The first-order chi connectivity index (χ1) is 5.79. The van der Waals surface area contributed by atoms with Gasteiger partial charge < -0.3 is 4.90 Å². The van der Waals surface area contributed by atoms with E-state index in [9.17, 15) is 4.79 Å². The summed E-state index contributed by atoms with van der Waals surface area (Å²) in [6.45, 7) is 0. The standard InChI is InChI=1S/C10H11NO/c1-11-9-5-3-2-4-8(9)6-7-10(11)12/h2-6,9H,7H2,1H3. The van der Waals surface area contributed by atoms with Crippen LogP contribution in [0.2, 0.25) is 0 Å². The molecule has 0 radical (unpaired) electrons. The van der Waals surface area contributed by atoms with E-state index in [4.69, 9.17) is 0 Å². The molecule has 1 aliphatic carbocycles. The molecule has 0 spiro atoms. The molecule has 1 amide bonds. The molecule has 0 saturated carbocycles. The molecule has 2 heteroatoms. The van der Waals surface area contributed by atoms with Crippen molar-refractivity contribution in [2.45, 2.75) is 12.5 Å². The zero-order valence-electron chi connectivity index (χ0n) is 7.03. The van der Waals surface area contributed by atoms with Gasteiger partial charge in [0.1, 0.15) is 0 Å². The first-order valence-corrected chi connectivity index (χ1v) is 4.09. The molecule has 0 aromatic carbocycles. The molecule has 62 valence electrons. The van der Waals surface area contributed by atoms with Gasteiger partial charge in [-0.2, -0.15) is 0 Å². The highest BCUT2D eigenvalue weighted by atomic mass is 16.2. The third-order valence-electron chi connectivity index (χ3n) is 2.36. The number of carbonyl (C=O) groups is 1. The zero-order valence-corrected chi connectivity index (χ0v) is 7.03. The maximum atomic E-state index is 11.3. The Balaban J connectivity index is 2.36. The third kappa shape index (κ3) is 0.998. The second-order valence-corrected chi connectivity index (χ2v) is 3.10. The Morgan fingerprint density at radius 3 is 3.17 bits per heavy atom. The van der Waals surface area contributed by atoms with Crippen molar-refractivity contribution in [1.29, 1.82) is 0 Å². The molecule has 1 aliphatic heterocycles. The topological polar surface area (TPSA) is 20.3 Å². The largest absolute Gasteiger partial charge is 0.335 e. The predicted molar refractivity (Wildman–Crippen MR) is 47.5 cm³/mol. The number of carbonyl (C=O) groups excluding carboxylic acids is 1. The molecule has 2 aliphatic rings. The van der Waals surface area contributed by atoms with Crippen molar-refractivity contribution in [3.63, 3.8) is 0 Å². The summed E-state index contributed by atoms with van der Waals surface area (Å²) in [6.07, 6.45) is 10.6. The van der Waals surface area contributed by atoms with Gasteiger partial charge >= 0.3 is 0 Å². The molecule has 1 atom stereocenters. The fourth-order valence-electron chi connectivity index (χ4n) is 1.59. The van der Waals surface area contributed by atoms with E-state index in [1.54, 1.807) is 4.90 Å². The summed E-state index contributed by atoms with van der Waals surface area (Å²) >= 11 is 0. The van der Waals surface area contributed by atoms with Crippen LogP contribution in [0, 0.1) is 0 Å². The lowest BCUT2D eigenvalue weighted by atomic mass is 9.96. The number of rotatable bonds is 0. The summed E-state index contributed by atoms with van der Waals surface area (Å²) in [4.78, 5) is 13.1. The van der Waals surface area contributed by atoms with Gasteiger partial charge in [0.05, 0.1) is 6.04 Å². The number of amides is 1. The van der Waals surface area contributed by atoms with Crippen molar-refractivity contribution >= 4 is 5.91 Å². The van der Waals surface area contributed by atoms with Crippen LogP contribution in [0.15, 0.2) is 36.0 Å². The van der Waals surface area contributed by atoms with Crippen molar-refractivity contribution in [3.8, 4) is 0 Å². The molecule has 0 aromatic rings. The summed E-state index contributed by atoms with van der Waals surface area (Å²) in [6, 6.07) is 0.177. The molecule has 12 heavy (non-hydrogen) atoms. The molecule has 0 bridgehead atoms. The number of allylic oxidation sites excluding steroid dienone is 2. The second-order valence-electron chi connectivity index (χ2n) is 3.10. The Labute approximate surface area is 71.9 Å². The van der Waals surface area contributed by atoms with Gasteiger partial charge in [0.15, 0.2) is 0 Å².